The molecule has 3 fully saturated rings. The summed E-state index contributed by atoms with van der Waals surface area (Å²) in [6.45, 7) is 6.66. The van der Waals surface area contributed by atoms with E-state index in [1.807, 2.05) is 42.2 Å². The van der Waals surface area contributed by atoms with E-state index in [-0.39, 0.29) is 11.8 Å². The molecule has 2 atom stereocenters. The number of anilines is 1. The van der Waals surface area contributed by atoms with Gasteiger partial charge in [-0.05, 0) is 43.4 Å². The molecule has 0 aliphatic carbocycles. The van der Waals surface area contributed by atoms with E-state index in [9.17, 15) is 4.79 Å². The minimum Gasteiger partial charge on any atom is -0.381 e. The summed E-state index contributed by atoms with van der Waals surface area (Å²) in [4.78, 5) is 18.1. The van der Waals surface area contributed by atoms with Gasteiger partial charge in [0.05, 0.1) is 18.8 Å². The molecule has 1 aromatic heterocycles. The number of benzene rings is 1. The van der Waals surface area contributed by atoms with Crippen LogP contribution in [0.2, 0.25) is 0 Å². The van der Waals surface area contributed by atoms with E-state index in [1.165, 1.54) is 0 Å². The van der Waals surface area contributed by atoms with Crippen molar-refractivity contribution >= 4 is 11.7 Å². The van der Waals surface area contributed by atoms with Gasteiger partial charge >= 0.3 is 0 Å². The highest BCUT2D eigenvalue weighted by molar-refractivity contribution is 5.90. The largest absolute Gasteiger partial charge is 0.381 e. The van der Waals surface area contributed by atoms with Gasteiger partial charge in [0.15, 0.2) is 11.4 Å². The summed E-state index contributed by atoms with van der Waals surface area (Å²) in [5.41, 5.74) is 1.15. The van der Waals surface area contributed by atoms with Crippen LogP contribution in [0.25, 0.3) is 0 Å². The van der Waals surface area contributed by atoms with E-state index < -0.39 is 5.60 Å². The number of hydrogen-bond acceptors (Lipinski definition) is 6. The fraction of sp³-hybridized carbons (Fsp3) is 0.542. The van der Waals surface area contributed by atoms with Gasteiger partial charge in [0.25, 0.3) is 5.91 Å². The molecule has 1 aromatic carbocycles. The van der Waals surface area contributed by atoms with Crippen LogP contribution >= 0.6 is 0 Å². The van der Waals surface area contributed by atoms with E-state index in [4.69, 9.17) is 9.47 Å². The number of nitrogens with zero attached hydrogens (tertiary/aromatic N) is 4. The third kappa shape index (κ3) is 3.92. The highest BCUT2D eigenvalue weighted by Crippen LogP contribution is 2.43. The zero-order chi connectivity index (χ0) is 21.3. The predicted molar refractivity (Wildman–Crippen MR) is 117 cm³/mol. The molecule has 3 aliphatic heterocycles. The zero-order valence-electron chi connectivity index (χ0n) is 18.1. The molecule has 1 amide bonds. The van der Waals surface area contributed by atoms with E-state index in [2.05, 4.69) is 27.2 Å². The van der Waals surface area contributed by atoms with Crippen molar-refractivity contribution in [1.82, 2.24) is 15.1 Å². The molecule has 0 saturated carbocycles. The first-order valence-electron chi connectivity index (χ1n) is 11.3. The lowest BCUT2D eigenvalue weighted by atomic mass is 9.83. The third-order valence-corrected chi connectivity index (χ3v) is 6.89. The average Bonchev–Trinajstić information content (AvgIpc) is 3.07. The molecule has 3 saturated heterocycles. The molecule has 0 radical (unpaired) electrons. The molecule has 1 spiro atoms. The average molecular weight is 423 g/mol. The van der Waals surface area contributed by atoms with Gasteiger partial charge in [0.1, 0.15) is 0 Å². The number of likely N-dealkylation sites (tertiary alicyclic amines) is 1. The Morgan fingerprint density at radius 2 is 1.87 bits per heavy atom. The number of ether oxygens (including phenoxy) is 2. The van der Waals surface area contributed by atoms with Crippen molar-refractivity contribution in [3.63, 3.8) is 0 Å². The molecule has 7 heteroatoms. The second-order valence-corrected chi connectivity index (χ2v) is 8.92. The standard InChI is InChI=1S/C24H30N4O3/c1-18-7-8-22(26-25-18)27-11-14-31-24(17-27)21(20-5-3-2-4-6-20)16-28(23(24)29)15-19-9-12-30-13-10-19/h2-8,19,21H,9-17H2,1H3. The Hall–Kier alpha value is -2.51. The van der Waals surface area contributed by atoms with Crippen molar-refractivity contribution in [3.8, 4) is 0 Å². The molecule has 2 aromatic rings. The topological polar surface area (TPSA) is 67.8 Å². The van der Waals surface area contributed by atoms with Crippen LogP contribution in [0.1, 0.15) is 30.0 Å². The van der Waals surface area contributed by atoms with Crippen molar-refractivity contribution < 1.29 is 14.3 Å². The van der Waals surface area contributed by atoms with Gasteiger partial charge in [-0.3, -0.25) is 4.79 Å². The molecule has 3 aliphatic rings. The number of amides is 1. The van der Waals surface area contributed by atoms with Gasteiger partial charge in [-0.2, -0.15) is 5.10 Å². The molecule has 2 unspecified atom stereocenters. The first kappa shape index (κ1) is 20.4. The number of aromatic nitrogens is 2. The first-order valence-corrected chi connectivity index (χ1v) is 11.3. The molecule has 164 valence electrons. The van der Waals surface area contributed by atoms with Crippen LogP contribution in [0.4, 0.5) is 5.82 Å². The third-order valence-electron chi connectivity index (χ3n) is 6.89. The van der Waals surface area contributed by atoms with Crippen molar-refractivity contribution in [1.29, 1.82) is 0 Å². The lowest BCUT2D eigenvalue weighted by Crippen LogP contribution is -2.59. The molecular weight excluding hydrogens is 392 g/mol. The summed E-state index contributed by atoms with van der Waals surface area (Å²) in [5.74, 6) is 1.39. The maximum Gasteiger partial charge on any atom is 0.257 e. The van der Waals surface area contributed by atoms with E-state index >= 15 is 0 Å². The molecule has 0 N–H and O–H groups in total. The summed E-state index contributed by atoms with van der Waals surface area (Å²) in [5, 5.41) is 8.59. The second-order valence-electron chi connectivity index (χ2n) is 8.92. The Bertz CT molecular complexity index is 901. The second kappa shape index (κ2) is 8.55. The van der Waals surface area contributed by atoms with Crippen LogP contribution in [0.3, 0.4) is 0 Å². The van der Waals surface area contributed by atoms with Gasteiger partial charge in [-0.1, -0.05) is 30.3 Å². The number of carbonyl (C=O) groups is 1. The van der Waals surface area contributed by atoms with E-state index in [0.29, 0.717) is 32.2 Å². The van der Waals surface area contributed by atoms with Crippen LogP contribution in [0, 0.1) is 12.8 Å². The maximum absolute atomic E-state index is 13.9. The molecule has 0 bridgehead atoms. The summed E-state index contributed by atoms with van der Waals surface area (Å²) in [7, 11) is 0. The van der Waals surface area contributed by atoms with Crippen molar-refractivity contribution in [3.05, 3.63) is 53.7 Å². The monoisotopic (exact) mass is 422 g/mol. The lowest BCUT2D eigenvalue weighted by molar-refractivity contribution is -0.152. The molecule has 5 rings (SSSR count). The Kier molecular flexibility index (Phi) is 5.63. The zero-order valence-corrected chi connectivity index (χ0v) is 18.1. The fourth-order valence-electron chi connectivity index (χ4n) is 5.17. The van der Waals surface area contributed by atoms with E-state index in [1.54, 1.807) is 0 Å². The number of rotatable bonds is 4. The quantitative estimate of drug-likeness (QED) is 0.754. The van der Waals surface area contributed by atoms with Crippen LogP contribution in [0.5, 0.6) is 0 Å². The molecular formula is C24H30N4O3. The van der Waals surface area contributed by atoms with Crippen LogP contribution in [-0.2, 0) is 14.3 Å². The predicted octanol–water partition coefficient (Wildman–Crippen LogP) is 2.41. The highest BCUT2D eigenvalue weighted by atomic mass is 16.5. The minimum atomic E-state index is -0.892. The summed E-state index contributed by atoms with van der Waals surface area (Å²) in [6.07, 6.45) is 2.03. The Balaban J connectivity index is 1.45. The number of morpholine rings is 1. The normalized spacial score (nSPS) is 27.3. The SMILES string of the molecule is Cc1ccc(N2CCOC3(C2)C(=O)N(CC2CCOCC2)CC3c2ccccc2)nn1. The Labute approximate surface area is 183 Å². The van der Waals surface area contributed by atoms with Gasteiger partial charge < -0.3 is 19.3 Å². The minimum absolute atomic E-state index is 0.0118. The lowest BCUT2D eigenvalue weighted by Gasteiger charge is -2.42. The molecule has 31 heavy (non-hydrogen) atoms. The smallest absolute Gasteiger partial charge is 0.257 e. The highest BCUT2D eigenvalue weighted by Gasteiger charge is 2.58. The van der Waals surface area contributed by atoms with Crippen molar-refractivity contribution in [2.75, 3.05) is 50.9 Å². The number of carbonyl (C=O) groups excluding carboxylic acids is 1. The summed E-state index contributed by atoms with van der Waals surface area (Å²) >= 11 is 0. The van der Waals surface area contributed by atoms with Crippen LogP contribution < -0.4 is 4.90 Å². The molecule has 7 nitrogen and oxygen atoms in total. The number of hydrogen-bond donors (Lipinski definition) is 0. The fourth-order valence-corrected chi connectivity index (χ4v) is 5.17. The Morgan fingerprint density at radius 3 is 2.61 bits per heavy atom. The maximum atomic E-state index is 13.9. The summed E-state index contributed by atoms with van der Waals surface area (Å²) < 4.78 is 11.9. The van der Waals surface area contributed by atoms with Gasteiger partial charge in [-0.15, -0.1) is 5.10 Å². The van der Waals surface area contributed by atoms with Crippen molar-refractivity contribution in [2.45, 2.75) is 31.3 Å². The van der Waals surface area contributed by atoms with Gasteiger partial charge in [0, 0.05) is 38.8 Å². The summed E-state index contributed by atoms with van der Waals surface area (Å²) in [6, 6.07) is 14.3. The van der Waals surface area contributed by atoms with Crippen LogP contribution in [-0.4, -0.2) is 72.6 Å². The first-order chi connectivity index (χ1) is 15.2. The molecule has 4 heterocycles. The van der Waals surface area contributed by atoms with Crippen molar-refractivity contribution in [2.24, 2.45) is 5.92 Å². The number of aryl methyl sites for hydroxylation is 1. The van der Waals surface area contributed by atoms with Gasteiger partial charge in [0.2, 0.25) is 0 Å². The van der Waals surface area contributed by atoms with E-state index in [0.717, 1.165) is 49.7 Å². The van der Waals surface area contributed by atoms with Crippen LogP contribution in [0.15, 0.2) is 42.5 Å². The Morgan fingerprint density at radius 1 is 1.06 bits per heavy atom. The van der Waals surface area contributed by atoms with Gasteiger partial charge in [-0.25, -0.2) is 0 Å².